The summed E-state index contributed by atoms with van der Waals surface area (Å²) in [6.45, 7) is 0. The second-order valence-corrected chi connectivity index (χ2v) is 3.63. The van der Waals surface area contributed by atoms with Gasteiger partial charge in [-0.1, -0.05) is 23.3 Å². The molecule has 0 saturated carbocycles. The van der Waals surface area contributed by atoms with Crippen molar-refractivity contribution in [1.82, 2.24) is 0 Å². The molecule has 66 valence electrons. The van der Waals surface area contributed by atoms with E-state index in [-0.39, 0.29) is 0 Å². The van der Waals surface area contributed by atoms with Gasteiger partial charge in [0.15, 0.2) is 0 Å². The molecule has 0 amide bonds. The Balaban J connectivity index is 2.16. The highest BCUT2D eigenvalue weighted by Gasteiger charge is 2.26. The Morgan fingerprint density at radius 3 is 1.75 bits per heavy atom. The second-order valence-electron chi connectivity index (χ2n) is 3.63. The SMILES string of the molecule is O[C@@H]1CC2=C(CC=CC2)C[C@H]1O. The molecule has 2 nitrogen and oxygen atoms in total. The van der Waals surface area contributed by atoms with E-state index in [0.29, 0.717) is 12.8 Å². The van der Waals surface area contributed by atoms with Crippen molar-refractivity contribution in [3.63, 3.8) is 0 Å². The van der Waals surface area contributed by atoms with E-state index < -0.39 is 12.2 Å². The molecule has 0 bridgehead atoms. The third kappa shape index (κ3) is 1.32. The molecule has 0 spiro atoms. The molecule has 2 rings (SSSR count). The van der Waals surface area contributed by atoms with Crippen LogP contribution in [0.15, 0.2) is 23.3 Å². The molecule has 0 fully saturated rings. The first-order chi connectivity index (χ1) is 5.77. The van der Waals surface area contributed by atoms with Crippen molar-refractivity contribution in [1.29, 1.82) is 0 Å². The molecule has 0 aromatic carbocycles. The summed E-state index contributed by atoms with van der Waals surface area (Å²) in [5.74, 6) is 0. The van der Waals surface area contributed by atoms with Crippen molar-refractivity contribution in [2.75, 3.05) is 0 Å². The standard InChI is InChI=1S/C10H14O2/c11-9-5-7-3-1-2-4-8(7)6-10(9)12/h1-2,9-12H,3-6H2/t9-,10-/m1/s1. The summed E-state index contributed by atoms with van der Waals surface area (Å²) >= 11 is 0. The van der Waals surface area contributed by atoms with Gasteiger partial charge in [0.25, 0.3) is 0 Å². The average molecular weight is 166 g/mol. The van der Waals surface area contributed by atoms with Crippen LogP contribution in [0.4, 0.5) is 0 Å². The number of hydrogen-bond donors (Lipinski definition) is 2. The van der Waals surface area contributed by atoms with Gasteiger partial charge in [0.2, 0.25) is 0 Å². The summed E-state index contributed by atoms with van der Waals surface area (Å²) in [6.07, 6.45) is 6.50. The van der Waals surface area contributed by atoms with Crippen molar-refractivity contribution < 1.29 is 10.2 Å². The summed E-state index contributed by atoms with van der Waals surface area (Å²) in [6, 6.07) is 0. The van der Waals surface area contributed by atoms with Crippen molar-refractivity contribution in [2.45, 2.75) is 37.9 Å². The number of aliphatic hydroxyl groups excluding tert-OH is 2. The summed E-state index contributed by atoms with van der Waals surface area (Å²) in [4.78, 5) is 0. The van der Waals surface area contributed by atoms with Crippen LogP contribution in [0.3, 0.4) is 0 Å². The minimum atomic E-state index is -0.532. The maximum atomic E-state index is 9.41. The third-order valence-corrected chi connectivity index (χ3v) is 2.75. The van der Waals surface area contributed by atoms with Gasteiger partial charge in [0, 0.05) is 0 Å². The van der Waals surface area contributed by atoms with Crippen LogP contribution in [0.5, 0.6) is 0 Å². The van der Waals surface area contributed by atoms with Gasteiger partial charge in [0.05, 0.1) is 12.2 Å². The van der Waals surface area contributed by atoms with Crippen LogP contribution >= 0.6 is 0 Å². The first kappa shape index (κ1) is 8.02. The third-order valence-electron chi connectivity index (χ3n) is 2.75. The maximum Gasteiger partial charge on any atom is 0.0839 e. The van der Waals surface area contributed by atoms with E-state index in [9.17, 15) is 10.2 Å². The lowest BCUT2D eigenvalue weighted by Crippen LogP contribution is -2.31. The zero-order chi connectivity index (χ0) is 8.55. The molecule has 2 atom stereocenters. The van der Waals surface area contributed by atoms with Gasteiger partial charge >= 0.3 is 0 Å². The normalized spacial score (nSPS) is 35.2. The Hall–Kier alpha value is -0.600. The quantitative estimate of drug-likeness (QED) is 0.530. The smallest absolute Gasteiger partial charge is 0.0839 e. The molecule has 2 heteroatoms. The number of aliphatic hydroxyl groups is 2. The van der Waals surface area contributed by atoms with Crippen LogP contribution in [0.2, 0.25) is 0 Å². The predicted molar refractivity (Wildman–Crippen MR) is 46.6 cm³/mol. The molecule has 0 radical (unpaired) electrons. The van der Waals surface area contributed by atoms with Gasteiger partial charge < -0.3 is 10.2 Å². The maximum absolute atomic E-state index is 9.41. The Morgan fingerprint density at radius 1 is 0.917 bits per heavy atom. The molecule has 12 heavy (non-hydrogen) atoms. The summed E-state index contributed by atoms with van der Waals surface area (Å²) in [5, 5.41) is 18.8. The van der Waals surface area contributed by atoms with Crippen LogP contribution in [0, 0.1) is 0 Å². The average Bonchev–Trinajstić information content (AvgIpc) is 2.07. The predicted octanol–water partition coefficient (Wildman–Crippen LogP) is 1.15. The molecule has 2 aliphatic carbocycles. The highest BCUT2D eigenvalue weighted by molar-refractivity contribution is 5.28. The van der Waals surface area contributed by atoms with E-state index in [1.807, 2.05) is 0 Å². The lowest BCUT2D eigenvalue weighted by Gasteiger charge is -2.29. The van der Waals surface area contributed by atoms with Gasteiger partial charge in [-0.15, -0.1) is 0 Å². The van der Waals surface area contributed by atoms with E-state index in [1.165, 1.54) is 11.1 Å². The van der Waals surface area contributed by atoms with E-state index in [0.717, 1.165) is 12.8 Å². The van der Waals surface area contributed by atoms with Crippen LogP contribution in [0.25, 0.3) is 0 Å². The number of rotatable bonds is 0. The fourth-order valence-electron chi connectivity index (χ4n) is 1.97. The lowest BCUT2D eigenvalue weighted by atomic mass is 9.82. The zero-order valence-electron chi connectivity index (χ0n) is 7.03. The molecule has 0 aromatic rings. The molecule has 0 unspecified atom stereocenters. The Labute approximate surface area is 72.2 Å². The van der Waals surface area contributed by atoms with Crippen molar-refractivity contribution in [2.24, 2.45) is 0 Å². The molecule has 0 aliphatic heterocycles. The number of hydrogen-bond acceptors (Lipinski definition) is 2. The van der Waals surface area contributed by atoms with Gasteiger partial charge in [-0.25, -0.2) is 0 Å². The van der Waals surface area contributed by atoms with Gasteiger partial charge in [0.1, 0.15) is 0 Å². The van der Waals surface area contributed by atoms with Crippen LogP contribution < -0.4 is 0 Å². The fourth-order valence-corrected chi connectivity index (χ4v) is 1.97. The summed E-state index contributed by atoms with van der Waals surface area (Å²) in [5.41, 5.74) is 2.69. The van der Waals surface area contributed by atoms with Crippen LogP contribution in [-0.4, -0.2) is 22.4 Å². The van der Waals surface area contributed by atoms with E-state index in [4.69, 9.17) is 0 Å². The minimum absolute atomic E-state index is 0.532. The second kappa shape index (κ2) is 3.04. The minimum Gasteiger partial charge on any atom is -0.390 e. The van der Waals surface area contributed by atoms with E-state index >= 15 is 0 Å². The molecule has 2 N–H and O–H groups in total. The van der Waals surface area contributed by atoms with Gasteiger partial charge in [-0.05, 0) is 25.7 Å². The van der Waals surface area contributed by atoms with Crippen LogP contribution in [0.1, 0.15) is 25.7 Å². The van der Waals surface area contributed by atoms with Gasteiger partial charge in [-0.3, -0.25) is 0 Å². The molecule has 0 saturated heterocycles. The Kier molecular flexibility index (Phi) is 2.03. The molecular weight excluding hydrogens is 152 g/mol. The van der Waals surface area contributed by atoms with E-state index in [2.05, 4.69) is 12.2 Å². The monoisotopic (exact) mass is 166 g/mol. The Bertz CT molecular complexity index is 216. The first-order valence-corrected chi connectivity index (χ1v) is 4.48. The molecular formula is C10H14O2. The number of allylic oxidation sites excluding steroid dienone is 2. The molecule has 0 aromatic heterocycles. The molecule has 2 aliphatic rings. The fraction of sp³-hybridized carbons (Fsp3) is 0.600. The van der Waals surface area contributed by atoms with Gasteiger partial charge in [-0.2, -0.15) is 0 Å². The highest BCUT2D eigenvalue weighted by atomic mass is 16.3. The highest BCUT2D eigenvalue weighted by Crippen LogP contribution is 2.32. The Morgan fingerprint density at radius 2 is 1.33 bits per heavy atom. The van der Waals surface area contributed by atoms with E-state index in [1.54, 1.807) is 0 Å². The largest absolute Gasteiger partial charge is 0.390 e. The first-order valence-electron chi connectivity index (χ1n) is 4.48. The topological polar surface area (TPSA) is 40.5 Å². The summed E-state index contributed by atoms with van der Waals surface area (Å²) in [7, 11) is 0. The zero-order valence-corrected chi connectivity index (χ0v) is 7.03. The van der Waals surface area contributed by atoms with Crippen molar-refractivity contribution in [3.8, 4) is 0 Å². The van der Waals surface area contributed by atoms with Crippen molar-refractivity contribution >= 4 is 0 Å². The van der Waals surface area contributed by atoms with Crippen molar-refractivity contribution in [3.05, 3.63) is 23.3 Å². The summed E-state index contributed by atoms with van der Waals surface area (Å²) < 4.78 is 0. The molecule has 0 heterocycles. The lowest BCUT2D eigenvalue weighted by molar-refractivity contribution is 0.0134. The van der Waals surface area contributed by atoms with Crippen LogP contribution in [-0.2, 0) is 0 Å².